The molecule has 11 nitrogen and oxygen atoms in total. The Bertz CT molecular complexity index is 1600. The lowest BCUT2D eigenvalue weighted by Crippen LogP contribution is -2.70. The fraction of sp³-hybridized carbons (Fsp3) is 0.433. The van der Waals surface area contributed by atoms with Gasteiger partial charge in [-0.25, -0.2) is 8.42 Å². The van der Waals surface area contributed by atoms with E-state index in [4.69, 9.17) is 9.47 Å². The summed E-state index contributed by atoms with van der Waals surface area (Å²) in [4.78, 5) is 27.6. The predicted octanol–water partition coefficient (Wildman–Crippen LogP) is 2.67. The van der Waals surface area contributed by atoms with Gasteiger partial charge in [0.1, 0.15) is 12.3 Å². The van der Waals surface area contributed by atoms with E-state index in [2.05, 4.69) is 10.4 Å². The van der Waals surface area contributed by atoms with Crippen molar-refractivity contribution < 1.29 is 27.5 Å². The number of ether oxygens (including phenoxy) is 2. The maximum atomic E-state index is 13.1. The molecule has 1 saturated carbocycles. The molecule has 3 saturated heterocycles. The summed E-state index contributed by atoms with van der Waals surface area (Å²) in [6, 6.07) is 14.4. The van der Waals surface area contributed by atoms with Crippen molar-refractivity contribution in [2.45, 2.75) is 50.4 Å². The molecule has 12 heteroatoms. The van der Waals surface area contributed by atoms with Gasteiger partial charge in [-0.1, -0.05) is 24.3 Å². The van der Waals surface area contributed by atoms with Crippen molar-refractivity contribution in [3.63, 3.8) is 0 Å². The summed E-state index contributed by atoms with van der Waals surface area (Å²) in [6.45, 7) is 1.35. The van der Waals surface area contributed by atoms with Crippen LogP contribution in [0.5, 0.6) is 11.5 Å². The number of sulfonamides is 1. The van der Waals surface area contributed by atoms with Crippen LogP contribution in [0.25, 0.3) is 0 Å². The average Bonchev–Trinajstić information content (AvgIpc) is 3.74. The molecule has 1 N–H and O–H groups in total. The van der Waals surface area contributed by atoms with Crippen LogP contribution in [0.3, 0.4) is 0 Å². The third kappa shape index (κ3) is 5.60. The molecule has 0 spiro atoms. The first-order chi connectivity index (χ1) is 20.1. The van der Waals surface area contributed by atoms with Crippen molar-refractivity contribution in [1.82, 2.24) is 24.3 Å². The summed E-state index contributed by atoms with van der Waals surface area (Å²) in [7, 11) is 0.0950. The van der Waals surface area contributed by atoms with Gasteiger partial charge in [0.05, 0.1) is 19.1 Å². The molecule has 4 aliphatic rings. The number of carbonyl (C=O) groups is 2. The molecule has 2 amide bonds. The highest BCUT2D eigenvalue weighted by Gasteiger charge is 2.50. The SMILES string of the molecule is COc1c(CNC(=O)c2cc(C3CC3)nn2C)cccc1OCc1ccc(C(=O)N2CC3CC(C2)N3S(C)(=O)=O)cc1. The highest BCUT2D eigenvalue weighted by atomic mass is 32.2. The number of piperazine rings is 1. The minimum atomic E-state index is -3.25. The van der Waals surface area contributed by atoms with Crippen LogP contribution in [-0.2, 0) is 30.2 Å². The average molecular weight is 594 g/mol. The number of para-hydroxylation sites is 1. The molecule has 1 aromatic heterocycles. The first kappa shape index (κ1) is 28.2. The lowest BCUT2D eigenvalue weighted by atomic mass is 9.90. The number of hydrogen-bond donors (Lipinski definition) is 1. The normalized spacial score (nSPS) is 20.1. The summed E-state index contributed by atoms with van der Waals surface area (Å²) in [5.41, 5.74) is 3.71. The second kappa shape index (κ2) is 11.1. The fourth-order valence-corrected chi connectivity index (χ4v) is 7.35. The Kier molecular flexibility index (Phi) is 7.44. The number of aromatic nitrogens is 2. The van der Waals surface area contributed by atoms with Crippen LogP contribution < -0.4 is 14.8 Å². The zero-order chi connectivity index (χ0) is 29.6. The largest absolute Gasteiger partial charge is 0.493 e. The summed E-state index contributed by atoms with van der Waals surface area (Å²) in [5.74, 6) is 1.26. The van der Waals surface area contributed by atoms with Crippen LogP contribution in [0.2, 0.25) is 0 Å². The van der Waals surface area contributed by atoms with Crippen molar-refractivity contribution in [2.24, 2.45) is 7.05 Å². The van der Waals surface area contributed by atoms with E-state index in [9.17, 15) is 18.0 Å². The number of aryl methyl sites for hydroxylation is 1. The minimum absolute atomic E-state index is 0.100. The van der Waals surface area contributed by atoms with Crippen LogP contribution in [0.15, 0.2) is 48.5 Å². The molecule has 2 atom stereocenters. The molecule has 1 aliphatic carbocycles. The van der Waals surface area contributed by atoms with Crippen LogP contribution in [0.4, 0.5) is 0 Å². The van der Waals surface area contributed by atoms with Crippen LogP contribution in [-0.4, -0.2) is 77.8 Å². The number of nitrogens with one attached hydrogen (secondary N) is 1. The summed E-state index contributed by atoms with van der Waals surface area (Å²) in [5, 5.41) is 7.43. The summed E-state index contributed by atoms with van der Waals surface area (Å²) in [6.07, 6.45) is 4.27. The van der Waals surface area contributed by atoms with Gasteiger partial charge in [-0.2, -0.15) is 9.40 Å². The Labute approximate surface area is 245 Å². The molecule has 3 aromatic rings. The lowest BCUT2D eigenvalue weighted by Gasteiger charge is -2.54. The van der Waals surface area contributed by atoms with Crippen LogP contribution >= 0.6 is 0 Å². The van der Waals surface area contributed by atoms with Gasteiger partial charge in [0.15, 0.2) is 11.5 Å². The van der Waals surface area contributed by atoms with Crippen LogP contribution in [0, 0.1) is 0 Å². The van der Waals surface area contributed by atoms with E-state index >= 15 is 0 Å². The van der Waals surface area contributed by atoms with Crippen molar-refractivity contribution in [2.75, 3.05) is 26.5 Å². The van der Waals surface area contributed by atoms with Crippen molar-refractivity contribution in [1.29, 1.82) is 0 Å². The zero-order valence-electron chi connectivity index (χ0n) is 23.9. The molecule has 2 bridgehead atoms. The van der Waals surface area contributed by atoms with Gasteiger partial charge < -0.3 is 19.7 Å². The zero-order valence-corrected chi connectivity index (χ0v) is 24.8. The number of methoxy groups -OCH3 is 1. The molecule has 4 heterocycles. The lowest BCUT2D eigenvalue weighted by molar-refractivity contribution is -0.00138. The van der Waals surface area contributed by atoms with Crippen molar-refractivity contribution >= 4 is 21.8 Å². The third-order valence-electron chi connectivity index (χ3n) is 8.22. The third-order valence-corrected chi connectivity index (χ3v) is 9.58. The number of piperidine rings is 1. The minimum Gasteiger partial charge on any atom is -0.493 e. The standard InChI is InChI=1S/C30H35N5O6S/c1-33-26(14-25(32-33)20-11-12-20)29(36)31-15-22-5-4-6-27(28(22)40-2)41-18-19-7-9-21(10-8-19)30(37)34-16-23-13-24(17-34)35(23)42(3,38)39/h4-10,14,20,23-24H,11-13,15-18H2,1-3H3,(H,31,36). The Hall–Kier alpha value is -3.90. The smallest absolute Gasteiger partial charge is 0.269 e. The number of benzene rings is 2. The number of hydrogen-bond acceptors (Lipinski definition) is 7. The fourth-order valence-electron chi connectivity index (χ4n) is 5.96. The van der Waals surface area contributed by atoms with E-state index in [-0.39, 0.29) is 37.0 Å². The molecule has 3 aliphatic heterocycles. The molecule has 4 fully saturated rings. The van der Waals surface area contributed by atoms with Gasteiger partial charge in [0.2, 0.25) is 10.0 Å². The summed E-state index contributed by atoms with van der Waals surface area (Å²) < 4.78 is 38.8. The Morgan fingerprint density at radius 3 is 2.43 bits per heavy atom. The number of amides is 2. The van der Waals surface area contributed by atoms with E-state index in [0.717, 1.165) is 36.1 Å². The van der Waals surface area contributed by atoms with E-state index in [1.165, 1.54) is 10.6 Å². The molecule has 2 aromatic carbocycles. The molecule has 42 heavy (non-hydrogen) atoms. The number of carbonyl (C=O) groups excluding carboxylic acids is 2. The van der Waals surface area contributed by atoms with E-state index in [1.807, 2.05) is 36.4 Å². The molecule has 7 rings (SSSR count). The first-order valence-corrected chi connectivity index (χ1v) is 15.9. The van der Waals surface area contributed by atoms with Gasteiger partial charge in [-0.15, -0.1) is 0 Å². The maximum Gasteiger partial charge on any atom is 0.269 e. The quantitative estimate of drug-likeness (QED) is 0.384. The number of fused-ring (bicyclic) bond motifs is 2. The Morgan fingerprint density at radius 1 is 1.07 bits per heavy atom. The maximum absolute atomic E-state index is 13.1. The first-order valence-electron chi connectivity index (χ1n) is 14.1. The second-order valence-electron chi connectivity index (χ2n) is 11.3. The Morgan fingerprint density at radius 2 is 1.79 bits per heavy atom. The monoisotopic (exact) mass is 593 g/mol. The number of rotatable bonds is 10. The topological polar surface area (TPSA) is 123 Å². The van der Waals surface area contributed by atoms with Crippen LogP contribution in [0.1, 0.15) is 62.8 Å². The van der Waals surface area contributed by atoms with Gasteiger partial charge in [0, 0.05) is 55.8 Å². The molecular formula is C30H35N5O6S. The molecule has 222 valence electrons. The highest BCUT2D eigenvalue weighted by molar-refractivity contribution is 7.88. The molecule has 2 unspecified atom stereocenters. The van der Waals surface area contributed by atoms with Gasteiger partial charge >= 0.3 is 0 Å². The Balaban J connectivity index is 1.05. The van der Waals surface area contributed by atoms with E-state index in [1.54, 1.807) is 35.9 Å². The van der Waals surface area contributed by atoms with E-state index < -0.39 is 10.0 Å². The second-order valence-corrected chi connectivity index (χ2v) is 13.2. The molecule has 0 radical (unpaired) electrons. The predicted molar refractivity (Wildman–Crippen MR) is 155 cm³/mol. The van der Waals surface area contributed by atoms with Crippen molar-refractivity contribution in [3.8, 4) is 11.5 Å². The number of nitrogens with zero attached hydrogens (tertiary/aromatic N) is 4. The summed E-state index contributed by atoms with van der Waals surface area (Å²) >= 11 is 0. The van der Waals surface area contributed by atoms with E-state index in [0.29, 0.717) is 41.8 Å². The van der Waals surface area contributed by atoms with Gasteiger partial charge in [-0.3, -0.25) is 14.3 Å². The van der Waals surface area contributed by atoms with Gasteiger partial charge in [-0.05, 0) is 49.1 Å². The molecular weight excluding hydrogens is 558 g/mol. The highest BCUT2D eigenvalue weighted by Crippen LogP contribution is 2.39. The van der Waals surface area contributed by atoms with Crippen molar-refractivity contribution in [3.05, 3.63) is 76.6 Å². The van der Waals surface area contributed by atoms with Gasteiger partial charge in [0.25, 0.3) is 11.8 Å².